The maximum atomic E-state index is 12.3. The van der Waals surface area contributed by atoms with Crippen molar-refractivity contribution in [1.82, 2.24) is 5.16 Å². The fourth-order valence-electron chi connectivity index (χ4n) is 2.48. The largest absolute Gasteiger partial charge is 0.378 e. The summed E-state index contributed by atoms with van der Waals surface area (Å²) >= 11 is 0. The molecule has 0 spiro atoms. The lowest BCUT2D eigenvalue weighted by Crippen LogP contribution is -2.16. The second kappa shape index (κ2) is 6.12. The Morgan fingerprint density at radius 3 is 2.74 bits per heavy atom. The van der Waals surface area contributed by atoms with Gasteiger partial charge in [0.1, 0.15) is 5.69 Å². The fourth-order valence-corrected chi connectivity index (χ4v) is 2.48. The van der Waals surface area contributed by atoms with Gasteiger partial charge in [-0.15, -0.1) is 0 Å². The van der Waals surface area contributed by atoms with Crippen molar-refractivity contribution in [1.29, 1.82) is 0 Å². The first-order valence-corrected chi connectivity index (χ1v) is 7.45. The first-order valence-electron chi connectivity index (χ1n) is 7.45. The summed E-state index contributed by atoms with van der Waals surface area (Å²) < 4.78 is 5.23. The predicted molar refractivity (Wildman–Crippen MR) is 91.8 cm³/mol. The number of hydrogen-bond acceptors (Lipinski definition) is 4. The van der Waals surface area contributed by atoms with E-state index in [2.05, 4.69) is 10.5 Å². The molecule has 0 aliphatic rings. The van der Waals surface area contributed by atoms with Gasteiger partial charge in [0.15, 0.2) is 5.58 Å². The second-order valence-electron chi connectivity index (χ2n) is 5.74. The van der Waals surface area contributed by atoms with Crippen LogP contribution in [0, 0.1) is 6.92 Å². The second-order valence-corrected chi connectivity index (χ2v) is 5.74. The zero-order chi connectivity index (χ0) is 16.4. The van der Waals surface area contributed by atoms with Crippen molar-refractivity contribution < 1.29 is 9.32 Å². The Morgan fingerprint density at radius 2 is 2.00 bits per heavy atom. The molecule has 0 fully saturated rings. The molecule has 3 aromatic rings. The van der Waals surface area contributed by atoms with E-state index in [1.807, 2.05) is 68.4 Å². The average molecular weight is 309 g/mol. The Hall–Kier alpha value is -2.82. The maximum absolute atomic E-state index is 12.3. The van der Waals surface area contributed by atoms with Crippen molar-refractivity contribution >= 4 is 28.3 Å². The molecule has 0 bridgehead atoms. The number of benzene rings is 2. The molecular weight excluding hydrogens is 290 g/mol. The van der Waals surface area contributed by atoms with Gasteiger partial charge < -0.3 is 14.7 Å². The first kappa shape index (κ1) is 15.1. The molecular formula is C18H19N3O2. The van der Waals surface area contributed by atoms with Gasteiger partial charge in [-0.3, -0.25) is 4.79 Å². The van der Waals surface area contributed by atoms with Crippen LogP contribution >= 0.6 is 0 Å². The van der Waals surface area contributed by atoms with Crippen LogP contribution in [0.15, 0.2) is 47.0 Å². The number of rotatable bonds is 4. The molecule has 1 aromatic heterocycles. The van der Waals surface area contributed by atoms with E-state index in [0.717, 1.165) is 22.3 Å². The Bertz CT molecular complexity index is 852. The minimum atomic E-state index is -0.107. The third-order valence-electron chi connectivity index (χ3n) is 3.78. The van der Waals surface area contributed by atoms with E-state index in [-0.39, 0.29) is 12.3 Å². The highest BCUT2D eigenvalue weighted by Gasteiger charge is 2.13. The summed E-state index contributed by atoms with van der Waals surface area (Å²) in [6, 6.07) is 13.5. The zero-order valence-corrected chi connectivity index (χ0v) is 13.5. The molecule has 0 saturated heterocycles. The standard InChI is InChI=1S/C18H19N3O2/c1-12-10-13(21(2)3)8-9-15(12)19-18(22)11-16-14-6-4-5-7-17(14)23-20-16/h4-10H,11H2,1-3H3,(H,19,22). The van der Waals surface area contributed by atoms with Crippen LogP contribution in [-0.4, -0.2) is 25.2 Å². The van der Waals surface area contributed by atoms with Crippen LogP contribution in [0.4, 0.5) is 11.4 Å². The third kappa shape index (κ3) is 3.18. The summed E-state index contributed by atoms with van der Waals surface area (Å²) in [6.07, 6.45) is 0.186. The maximum Gasteiger partial charge on any atom is 0.230 e. The van der Waals surface area contributed by atoms with Gasteiger partial charge in [-0.05, 0) is 42.8 Å². The molecule has 2 aromatic carbocycles. The number of anilines is 2. The van der Waals surface area contributed by atoms with Gasteiger partial charge in [0.05, 0.1) is 6.42 Å². The van der Waals surface area contributed by atoms with Crippen molar-refractivity contribution in [2.24, 2.45) is 0 Å². The highest BCUT2D eigenvalue weighted by Crippen LogP contribution is 2.22. The minimum absolute atomic E-state index is 0.107. The Morgan fingerprint density at radius 1 is 1.22 bits per heavy atom. The molecule has 0 radical (unpaired) electrons. The zero-order valence-electron chi connectivity index (χ0n) is 13.5. The molecule has 0 saturated carbocycles. The number of carbonyl (C=O) groups is 1. The molecule has 5 nitrogen and oxygen atoms in total. The van der Waals surface area contributed by atoms with Crippen molar-refractivity contribution in [3.63, 3.8) is 0 Å². The van der Waals surface area contributed by atoms with Crippen molar-refractivity contribution in [3.8, 4) is 0 Å². The number of aromatic nitrogens is 1. The molecule has 3 rings (SSSR count). The van der Waals surface area contributed by atoms with Gasteiger partial charge in [0.25, 0.3) is 0 Å². The number of hydrogen-bond donors (Lipinski definition) is 1. The molecule has 1 amide bonds. The lowest BCUT2D eigenvalue weighted by molar-refractivity contribution is -0.115. The van der Waals surface area contributed by atoms with E-state index in [4.69, 9.17) is 4.52 Å². The number of para-hydroxylation sites is 1. The average Bonchev–Trinajstić information content (AvgIpc) is 2.92. The molecule has 1 heterocycles. The molecule has 0 aliphatic carbocycles. The topological polar surface area (TPSA) is 58.4 Å². The summed E-state index contributed by atoms with van der Waals surface area (Å²) in [4.78, 5) is 14.3. The number of fused-ring (bicyclic) bond motifs is 1. The predicted octanol–water partition coefficient (Wildman–Crippen LogP) is 3.38. The van der Waals surface area contributed by atoms with Gasteiger partial charge in [-0.25, -0.2) is 0 Å². The van der Waals surface area contributed by atoms with E-state index in [1.165, 1.54) is 0 Å². The van der Waals surface area contributed by atoms with Crippen LogP contribution in [0.1, 0.15) is 11.3 Å². The van der Waals surface area contributed by atoms with Crippen molar-refractivity contribution in [2.75, 3.05) is 24.3 Å². The summed E-state index contributed by atoms with van der Waals surface area (Å²) in [5.41, 5.74) is 4.29. The molecule has 1 N–H and O–H groups in total. The van der Waals surface area contributed by atoms with Crippen LogP contribution in [0.25, 0.3) is 11.0 Å². The number of amides is 1. The quantitative estimate of drug-likeness (QED) is 0.802. The number of nitrogens with zero attached hydrogens (tertiary/aromatic N) is 2. The van der Waals surface area contributed by atoms with Gasteiger partial charge in [0, 0.05) is 30.9 Å². The Kier molecular flexibility index (Phi) is 4.02. The molecule has 23 heavy (non-hydrogen) atoms. The molecule has 0 aliphatic heterocycles. The number of nitrogens with one attached hydrogen (secondary N) is 1. The molecule has 5 heteroatoms. The lowest BCUT2D eigenvalue weighted by Gasteiger charge is -2.15. The van der Waals surface area contributed by atoms with Gasteiger partial charge in [0.2, 0.25) is 5.91 Å². The smallest absolute Gasteiger partial charge is 0.230 e. The van der Waals surface area contributed by atoms with Crippen LogP contribution < -0.4 is 10.2 Å². The minimum Gasteiger partial charge on any atom is -0.378 e. The fraction of sp³-hybridized carbons (Fsp3) is 0.222. The van der Waals surface area contributed by atoms with E-state index >= 15 is 0 Å². The van der Waals surface area contributed by atoms with Crippen molar-refractivity contribution in [3.05, 3.63) is 53.7 Å². The number of aryl methyl sites for hydroxylation is 1. The molecule has 0 unspecified atom stereocenters. The first-order chi connectivity index (χ1) is 11.0. The SMILES string of the molecule is Cc1cc(N(C)C)ccc1NC(=O)Cc1noc2ccccc12. The highest BCUT2D eigenvalue weighted by molar-refractivity contribution is 5.95. The summed E-state index contributed by atoms with van der Waals surface area (Å²) in [5.74, 6) is -0.107. The van der Waals surface area contributed by atoms with E-state index in [1.54, 1.807) is 0 Å². The van der Waals surface area contributed by atoms with Gasteiger partial charge in [-0.2, -0.15) is 0 Å². The lowest BCUT2D eigenvalue weighted by atomic mass is 10.1. The van der Waals surface area contributed by atoms with Crippen LogP contribution in [0.3, 0.4) is 0 Å². The van der Waals surface area contributed by atoms with Crippen LogP contribution in [0.2, 0.25) is 0 Å². The third-order valence-corrected chi connectivity index (χ3v) is 3.78. The summed E-state index contributed by atoms with van der Waals surface area (Å²) in [5, 5.41) is 7.81. The summed E-state index contributed by atoms with van der Waals surface area (Å²) in [6.45, 7) is 1.98. The molecule has 118 valence electrons. The van der Waals surface area contributed by atoms with Crippen LogP contribution in [0.5, 0.6) is 0 Å². The van der Waals surface area contributed by atoms with E-state index < -0.39 is 0 Å². The van der Waals surface area contributed by atoms with Gasteiger partial charge >= 0.3 is 0 Å². The Balaban J connectivity index is 1.75. The van der Waals surface area contributed by atoms with Gasteiger partial charge in [-0.1, -0.05) is 17.3 Å². The Labute approximate surface area is 134 Å². The summed E-state index contributed by atoms with van der Waals surface area (Å²) in [7, 11) is 3.98. The molecule has 0 atom stereocenters. The number of carbonyl (C=O) groups excluding carboxylic acids is 1. The van der Waals surface area contributed by atoms with Crippen molar-refractivity contribution in [2.45, 2.75) is 13.3 Å². The highest BCUT2D eigenvalue weighted by atomic mass is 16.5. The normalized spacial score (nSPS) is 10.7. The van der Waals surface area contributed by atoms with Crippen LogP contribution in [-0.2, 0) is 11.2 Å². The van der Waals surface area contributed by atoms with E-state index in [0.29, 0.717) is 11.3 Å². The monoisotopic (exact) mass is 309 g/mol. The van der Waals surface area contributed by atoms with E-state index in [9.17, 15) is 4.79 Å².